The predicted molar refractivity (Wildman–Crippen MR) is 174 cm³/mol. The van der Waals surface area contributed by atoms with Crippen LogP contribution in [0.3, 0.4) is 0 Å². The van der Waals surface area contributed by atoms with E-state index in [1.54, 1.807) is 0 Å². The first kappa shape index (κ1) is 27.9. The van der Waals surface area contributed by atoms with Crippen LogP contribution >= 0.6 is 0 Å². The van der Waals surface area contributed by atoms with Crippen LogP contribution < -0.4 is 0 Å². The van der Waals surface area contributed by atoms with Gasteiger partial charge in [-0.3, -0.25) is 0 Å². The third kappa shape index (κ3) is 6.05. The van der Waals surface area contributed by atoms with Crippen LogP contribution in [0, 0.1) is 22.7 Å². The molecule has 0 saturated heterocycles. The maximum Gasteiger partial charge on any atom is 0.0998 e. The van der Waals surface area contributed by atoms with Crippen LogP contribution in [0.25, 0.3) is 55.6 Å². The minimum Gasteiger partial charge on any atom is -0.192 e. The Morgan fingerprint density at radius 3 is 1.36 bits per heavy atom. The van der Waals surface area contributed by atoms with Gasteiger partial charge in [-0.1, -0.05) is 129 Å². The molecule has 6 aromatic rings. The largest absolute Gasteiger partial charge is 0.192 e. The number of nitriles is 2. The molecule has 0 aliphatic rings. The van der Waals surface area contributed by atoms with Crippen LogP contribution in [0.4, 0.5) is 0 Å². The molecule has 0 unspecified atom stereocenters. The van der Waals surface area contributed by atoms with Gasteiger partial charge < -0.3 is 0 Å². The Hall–Kier alpha value is -5.70. The lowest BCUT2D eigenvalue weighted by Crippen LogP contribution is -1.89. The van der Waals surface area contributed by atoms with Gasteiger partial charge >= 0.3 is 0 Å². The maximum absolute atomic E-state index is 10.0. The summed E-state index contributed by atoms with van der Waals surface area (Å²) >= 11 is 0. The van der Waals surface area contributed by atoms with E-state index in [9.17, 15) is 10.5 Å². The molecule has 0 heterocycles. The smallest absolute Gasteiger partial charge is 0.0998 e. The van der Waals surface area contributed by atoms with Gasteiger partial charge in [-0.05, 0) is 86.0 Å². The summed E-state index contributed by atoms with van der Waals surface area (Å²) in [6, 6.07) is 53.7. The van der Waals surface area contributed by atoms with Crippen molar-refractivity contribution in [1.82, 2.24) is 0 Å². The molecule has 0 fully saturated rings. The van der Waals surface area contributed by atoms with Gasteiger partial charge in [0.25, 0.3) is 0 Å². The maximum atomic E-state index is 10.0. The highest BCUT2D eigenvalue weighted by Crippen LogP contribution is 2.33. The third-order valence-electron chi connectivity index (χ3n) is 7.14. The number of hydrogen-bond acceptors (Lipinski definition) is 2. The Kier molecular flexibility index (Phi) is 8.69. The number of hydrogen-bond donors (Lipinski definition) is 0. The summed E-state index contributed by atoms with van der Waals surface area (Å²) in [4.78, 5) is 0. The number of nitrogens with zero attached hydrogens (tertiary/aromatic N) is 2. The summed E-state index contributed by atoms with van der Waals surface area (Å²) in [7, 11) is 0. The lowest BCUT2D eigenvalue weighted by molar-refractivity contribution is 1.47. The zero-order valence-electron chi connectivity index (χ0n) is 23.8. The minimum atomic E-state index is 0.624. The Balaban J connectivity index is 0.00000173. The molecule has 0 aliphatic carbocycles. The summed E-state index contributed by atoms with van der Waals surface area (Å²) in [6.07, 6.45) is 0. The predicted octanol–water partition coefficient (Wildman–Crippen LogP) is 10.8. The monoisotopic (exact) mass is 538 g/mol. The van der Waals surface area contributed by atoms with Crippen LogP contribution in [0.2, 0.25) is 0 Å². The summed E-state index contributed by atoms with van der Waals surface area (Å²) in [6.45, 7) is 4.00. The second kappa shape index (κ2) is 13.1. The molecule has 6 aromatic carbocycles. The van der Waals surface area contributed by atoms with Gasteiger partial charge in [-0.2, -0.15) is 10.5 Å². The lowest BCUT2D eigenvalue weighted by atomic mass is 9.92. The van der Waals surface area contributed by atoms with E-state index in [-0.39, 0.29) is 0 Å². The standard InChI is InChI=1S/C38H24N2.C2H6/c39-25-27-20-35(29-10-5-2-6-11-29)24-36(21-27)30-14-16-31(17-15-30)38-19-18-34(23-37(38)26-40)33-13-7-12-32(22-33)28-8-3-1-4-9-28;1-2/h1-24H;1-2H3. The summed E-state index contributed by atoms with van der Waals surface area (Å²) in [5, 5.41) is 19.7. The van der Waals surface area contributed by atoms with Gasteiger partial charge in [-0.15, -0.1) is 0 Å². The first-order valence-electron chi connectivity index (χ1n) is 14.1. The van der Waals surface area contributed by atoms with Gasteiger partial charge in [0.15, 0.2) is 0 Å². The fraction of sp³-hybridized carbons (Fsp3) is 0.0500. The molecule has 0 aliphatic heterocycles. The van der Waals surface area contributed by atoms with Gasteiger partial charge in [0.1, 0.15) is 0 Å². The molecule has 2 heteroatoms. The van der Waals surface area contributed by atoms with E-state index in [0.717, 1.165) is 55.6 Å². The van der Waals surface area contributed by atoms with Crippen molar-refractivity contribution < 1.29 is 0 Å². The molecule has 200 valence electrons. The molecular formula is C40H30N2. The molecule has 0 radical (unpaired) electrons. The van der Waals surface area contributed by atoms with Crippen molar-refractivity contribution >= 4 is 0 Å². The van der Waals surface area contributed by atoms with Gasteiger partial charge in [0.05, 0.1) is 23.3 Å². The summed E-state index contributed by atoms with van der Waals surface area (Å²) in [5.41, 5.74) is 11.6. The van der Waals surface area contributed by atoms with E-state index in [2.05, 4.69) is 72.8 Å². The van der Waals surface area contributed by atoms with Gasteiger partial charge in [0.2, 0.25) is 0 Å². The average molecular weight is 539 g/mol. The number of benzene rings is 6. The Morgan fingerprint density at radius 1 is 0.357 bits per heavy atom. The van der Waals surface area contributed by atoms with Crippen molar-refractivity contribution in [2.45, 2.75) is 13.8 Å². The van der Waals surface area contributed by atoms with Gasteiger partial charge in [0, 0.05) is 0 Å². The van der Waals surface area contributed by atoms with E-state index in [1.165, 1.54) is 0 Å². The molecule has 6 rings (SSSR count). The fourth-order valence-electron chi connectivity index (χ4n) is 5.08. The molecule has 0 bridgehead atoms. The van der Waals surface area contributed by atoms with Crippen LogP contribution in [0.15, 0.2) is 146 Å². The quantitative estimate of drug-likeness (QED) is 0.219. The second-order valence-corrected chi connectivity index (χ2v) is 9.67. The summed E-state index contributed by atoms with van der Waals surface area (Å²) < 4.78 is 0. The van der Waals surface area contributed by atoms with Crippen molar-refractivity contribution in [2.75, 3.05) is 0 Å². The molecule has 0 amide bonds. The first-order valence-corrected chi connectivity index (χ1v) is 14.1. The van der Waals surface area contributed by atoms with Gasteiger partial charge in [-0.25, -0.2) is 0 Å². The van der Waals surface area contributed by atoms with Crippen LogP contribution in [-0.2, 0) is 0 Å². The second-order valence-electron chi connectivity index (χ2n) is 9.67. The van der Waals surface area contributed by atoms with E-state index >= 15 is 0 Å². The topological polar surface area (TPSA) is 47.6 Å². The van der Waals surface area contributed by atoms with Crippen molar-refractivity contribution in [3.8, 4) is 67.8 Å². The Labute approximate surface area is 248 Å². The minimum absolute atomic E-state index is 0.624. The molecule has 0 aromatic heterocycles. The van der Waals surface area contributed by atoms with E-state index in [0.29, 0.717) is 11.1 Å². The molecule has 0 atom stereocenters. The van der Waals surface area contributed by atoms with Crippen molar-refractivity contribution in [1.29, 1.82) is 10.5 Å². The molecular weight excluding hydrogens is 508 g/mol. The molecule has 0 spiro atoms. The van der Waals surface area contributed by atoms with Crippen LogP contribution in [0.1, 0.15) is 25.0 Å². The highest BCUT2D eigenvalue weighted by molar-refractivity contribution is 5.81. The zero-order chi connectivity index (χ0) is 29.3. The summed E-state index contributed by atoms with van der Waals surface area (Å²) in [5.74, 6) is 0. The first-order chi connectivity index (χ1) is 20.7. The third-order valence-corrected chi connectivity index (χ3v) is 7.14. The zero-order valence-corrected chi connectivity index (χ0v) is 23.8. The van der Waals surface area contributed by atoms with E-state index in [1.807, 2.05) is 98.8 Å². The van der Waals surface area contributed by atoms with E-state index < -0.39 is 0 Å². The Morgan fingerprint density at radius 2 is 0.786 bits per heavy atom. The highest BCUT2D eigenvalue weighted by atomic mass is 14.3. The molecule has 0 N–H and O–H groups in total. The van der Waals surface area contributed by atoms with Crippen molar-refractivity contribution in [3.63, 3.8) is 0 Å². The van der Waals surface area contributed by atoms with Crippen LogP contribution in [0.5, 0.6) is 0 Å². The average Bonchev–Trinajstić information content (AvgIpc) is 3.09. The molecule has 0 saturated carbocycles. The SMILES string of the molecule is CC.N#Cc1cc(-c2ccccc2)cc(-c2ccc(-c3ccc(-c4cccc(-c5ccccc5)c4)cc3C#N)cc2)c1. The highest BCUT2D eigenvalue weighted by Gasteiger charge is 2.10. The van der Waals surface area contributed by atoms with Crippen LogP contribution in [-0.4, -0.2) is 0 Å². The van der Waals surface area contributed by atoms with Crippen molar-refractivity contribution in [2.24, 2.45) is 0 Å². The molecule has 42 heavy (non-hydrogen) atoms. The Bertz CT molecular complexity index is 1890. The molecule has 2 nitrogen and oxygen atoms in total. The normalized spacial score (nSPS) is 10.1. The van der Waals surface area contributed by atoms with E-state index in [4.69, 9.17) is 0 Å². The fourth-order valence-corrected chi connectivity index (χ4v) is 5.08. The number of rotatable bonds is 5. The van der Waals surface area contributed by atoms with Crippen molar-refractivity contribution in [3.05, 3.63) is 157 Å². The lowest BCUT2D eigenvalue weighted by Gasteiger charge is -2.11.